The van der Waals surface area contributed by atoms with Gasteiger partial charge in [-0.15, -0.1) is 0 Å². The largest absolute Gasteiger partial charge is 0.394 e. The van der Waals surface area contributed by atoms with Crippen molar-refractivity contribution in [3.05, 3.63) is 58.7 Å². The SMILES string of the molecule is CCCCCC(C=Nc1cc(CC(O)C(O)C(O)C(O)CO)cc(CC(O)C(O)C(O)C(O)CO)c1)=Nc1cc(CC(O)C(O)C(O)C(O)CO)cc(CC(O)C(O)C(O)C(O)CO)c1.[Pd]. The summed E-state index contributed by atoms with van der Waals surface area (Å²) in [6.07, 6.45) is -27.1. The molecular weight excluding hydrogens is 971 g/mol. The molecule has 0 bridgehead atoms. The fourth-order valence-corrected chi connectivity index (χ4v) is 6.82. The third-order valence-corrected chi connectivity index (χ3v) is 10.8. The molecule has 0 amide bonds. The van der Waals surface area contributed by atoms with Crippen LogP contribution in [0.15, 0.2) is 46.4 Å². The van der Waals surface area contributed by atoms with Gasteiger partial charge in [-0.1, -0.05) is 31.9 Å². The van der Waals surface area contributed by atoms with Crippen LogP contribution in [0.1, 0.15) is 54.9 Å². The van der Waals surface area contributed by atoms with Crippen molar-refractivity contribution in [1.29, 1.82) is 0 Å². The van der Waals surface area contributed by atoms with Crippen LogP contribution < -0.4 is 0 Å². The first-order valence-electron chi connectivity index (χ1n) is 21.3. The van der Waals surface area contributed by atoms with Crippen LogP contribution in [0.4, 0.5) is 11.4 Å². The number of aliphatic imine (C=N–C) groups is 2. The summed E-state index contributed by atoms with van der Waals surface area (Å²) in [5.41, 5.74) is 1.70. The van der Waals surface area contributed by atoms with Gasteiger partial charge >= 0.3 is 0 Å². The predicted octanol–water partition coefficient (Wildman–Crippen LogP) is -6.35. The van der Waals surface area contributed by atoms with Crippen LogP contribution in [0.25, 0.3) is 0 Å². The average molecular weight is 1040 g/mol. The molecule has 16 unspecified atom stereocenters. The minimum atomic E-state index is -1.94. The van der Waals surface area contributed by atoms with Crippen molar-refractivity contribution < 1.29 is 123 Å². The van der Waals surface area contributed by atoms with Crippen molar-refractivity contribution in [3.63, 3.8) is 0 Å². The molecule has 0 heterocycles. The van der Waals surface area contributed by atoms with Gasteiger partial charge in [0, 0.05) is 52.3 Å². The topological polar surface area (TPSA) is 429 Å². The molecule has 66 heavy (non-hydrogen) atoms. The Hall–Kier alpha value is -2.36. The van der Waals surface area contributed by atoms with E-state index in [1.807, 2.05) is 6.92 Å². The zero-order chi connectivity index (χ0) is 49.1. The summed E-state index contributed by atoms with van der Waals surface area (Å²) >= 11 is 0. The summed E-state index contributed by atoms with van der Waals surface area (Å²) in [5, 5.41) is 202. The van der Waals surface area contributed by atoms with E-state index in [1.54, 1.807) is 0 Å². The summed E-state index contributed by atoms with van der Waals surface area (Å²) in [6, 6.07) is 8.79. The fraction of sp³-hybridized carbons (Fsp3) is 0.674. The molecule has 2 rings (SSSR count). The van der Waals surface area contributed by atoms with Crippen molar-refractivity contribution in [2.75, 3.05) is 26.4 Å². The summed E-state index contributed by atoms with van der Waals surface area (Å²) in [7, 11) is 0. The Kier molecular flexibility index (Phi) is 28.9. The van der Waals surface area contributed by atoms with E-state index in [-0.39, 0.29) is 79.7 Å². The molecule has 16 atom stereocenters. The Morgan fingerprint density at radius 1 is 0.409 bits per heavy atom. The molecule has 0 aliphatic rings. The number of hydrogen-bond acceptors (Lipinski definition) is 22. The monoisotopic (exact) mass is 1040 g/mol. The maximum absolute atomic E-state index is 10.8. The van der Waals surface area contributed by atoms with Gasteiger partial charge in [-0.05, 0) is 59.4 Å². The molecule has 2 aromatic carbocycles. The zero-order valence-electron chi connectivity index (χ0n) is 36.4. The number of benzene rings is 2. The van der Waals surface area contributed by atoms with Gasteiger partial charge in [-0.2, -0.15) is 0 Å². The Balaban J connectivity index is 0.0000218. The maximum atomic E-state index is 10.8. The van der Waals surface area contributed by atoms with Crippen molar-refractivity contribution in [1.82, 2.24) is 0 Å². The average Bonchev–Trinajstić information content (AvgIpc) is 3.29. The molecule has 0 radical (unpaired) electrons. The first kappa shape index (κ1) is 61.7. The van der Waals surface area contributed by atoms with E-state index in [9.17, 15) is 102 Å². The van der Waals surface area contributed by atoms with Gasteiger partial charge in [-0.3, -0.25) is 9.98 Å². The van der Waals surface area contributed by atoms with E-state index in [0.717, 1.165) is 12.8 Å². The quantitative estimate of drug-likeness (QED) is 0.0190. The Morgan fingerprint density at radius 3 is 0.955 bits per heavy atom. The van der Waals surface area contributed by atoms with Crippen molar-refractivity contribution in [3.8, 4) is 0 Å². The second kappa shape index (κ2) is 31.0. The minimum absolute atomic E-state index is 0. The molecule has 0 aliphatic heterocycles. The van der Waals surface area contributed by atoms with Gasteiger partial charge in [-0.25, -0.2) is 0 Å². The molecule has 2 aromatic rings. The summed E-state index contributed by atoms with van der Waals surface area (Å²) in [4.78, 5) is 9.30. The molecule has 0 saturated heterocycles. The zero-order valence-corrected chi connectivity index (χ0v) is 38.0. The van der Waals surface area contributed by atoms with Gasteiger partial charge in [0.25, 0.3) is 0 Å². The fourth-order valence-electron chi connectivity index (χ4n) is 6.82. The van der Waals surface area contributed by atoms with Crippen LogP contribution in [-0.4, -0.2) is 238 Å². The van der Waals surface area contributed by atoms with E-state index in [1.165, 1.54) is 42.6 Å². The Morgan fingerprint density at radius 2 is 0.682 bits per heavy atom. The first-order valence-corrected chi connectivity index (χ1v) is 21.3. The molecule has 20 N–H and O–H groups in total. The third-order valence-electron chi connectivity index (χ3n) is 10.8. The number of aliphatic hydroxyl groups excluding tert-OH is 20. The van der Waals surface area contributed by atoms with Gasteiger partial charge in [0.2, 0.25) is 0 Å². The number of nitrogens with zero attached hydrogens (tertiary/aromatic N) is 2. The molecule has 382 valence electrons. The molecule has 0 fully saturated rings. The van der Waals surface area contributed by atoms with Crippen LogP contribution in [0.3, 0.4) is 0 Å². The molecule has 0 aromatic heterocycles. The molecule has 0 spiro atoms. The third kappa shape index (κ3) is 19.6. The van der Waals surface area contributed by atoms with Gasteiger partial charge < -0.3 is 102 Å². The van der Waals surface area contributed by atoms with Crippen molar-refractivity contribution in [2.45, 2.75) is 156 Å². The van der Waals surface area contributed by atoms with Crippen molar-refractivity contribution in [2.24, 2.45) is 9.98 Å². The molecule has 22 nitrogen and oxygen atoms in total. The number of unbranched alkanes of at least 4 members (excludes halogenated alkanes) is 2. The predicted molar refractivity (Wildman–Crippen MR) is 232 cm³/mol. The molecule has 0 aliphatic carbocycles. The van der Waals surface area contributed by atoms with E-state index < -0.39 is 124 Å². The Labute approximate surface area is 395 Å². The number of hydrogen-bond donors (Lipinski definition) is 20. The number of rotatable bonds is 31. The van der Waals surface area contributed by atoms with Crippen LogP contribution in [0, 0.1) is 0 Å². The summed E-state index contributed by atoms with van der Waals surface area (Å²) < 4.78 is 0. The van der Waals surface area contributed by atoms with Crippen LogP contribution in [0.2, 0.25) is 0 Å². The normalized spacial score (nSPS) is 19.9. The number of aliphatic hydroxyl groups is 20. The van der Waals surface area contributed by atoms with Crippen LogP contribution in [0.5, 0.6) is 0 Å². The minimum Gasteiger partial charge on any atom is -0.394 e. The summed E-state index contributed by atoms with van der Waals surface area (Å²) in [6.45, 7) is -1.70. The van der Waals surface area contributed by atoms with Gasteiger partial charge in [0.15, 0.2) is 0 Å². The van der Waals surface area contributed by atoms with E-state index in [0.29, 0.717) is 18.6 Å². The standard InChI is InChI=1S/C43H70N2O20.Pd/c1-2-3-4-5-25(45-27-10-23(14-30(52)38(60)42(64)34(56)19-48)7-24(11-27)15-31(53)39(61)43(65)35(57)20-49)16-44-26-8-21(12-28(50)36(58)40(62)32(54)17-46)6-22(9-26)13-29(51)37(59)41(63)33(55)18-47;/h6-11,16,28-43,46-65H,2-5,12-15,17-20H2,1H3;. The van der Waals surface area contributed by atoms with Gasteiger partial charge in [0.05, 0.1) is 67.9 Å². The summed E-state index contributed by atoms with van der Waals surface area (Å²) in [5.74, 6) is 0. The second-order valence-electron chi connectivity index (χ2n) is 16.3. The van der Waals surface area contributed by atoms with Crippen molar-refractivity contribution >= 4 is 23.3 Å². The second-order valence-corrected chi connectivity index (χ2v) is 16.3. The molecule has 23 heteroatoms. The Bertz CT molecular complexity index is 1630. The van der Waals surface area contributed by atoms with Gasteiger partial charge in [0.1, 0.15) is 73.2 Å². The molecular formula is C43H70N2O20Pd. The van der Waals surface area contributed by atoms with Crippen LogP contribution >= 0.6 is 0 Å². The molecule has 0 saturated carbocycles. The maximum Gasteiger partial charge on any atom is 0.110 e. The first-order chi connectivity index (χ1) is 30.6. The smallest absolute Gasteiger partial charge is 0.110 e. The van der Waals surface area contributed by atoms with E-state index >= 15 is 0 Å². The van der Waals surface area contributed by atoms with E-state index in [4.69, 9.17) is 4.99 Å². The van der Waals surface area contributed by atoms with E-state index in [2.05, 4.69) is 4.99 Å². The van der Waals surface area contributed by atoms with Crippen LogP contribution in [-0.2, 0) is 46.1 Å².